The zero-order chi connectivity index (χ0) is 14.0. The summed E-state index contributed by atoms with van der Waals surface area (Å²) >= 11 is 0. The van der Waals surface area contributed by atoms with Crippen LogP contribution in [-0.2, 0) is 4.79 Å². The van der Waals surface area contributed by atoms with Crippen LogP contribution in [0.15, 0.2) is 36.7 Å². The Morgan fingerprint density at radius 3 is 2.79 bits per heavy atom. The molecule has 1 unspecified atom stereocenters. The summed E-state index contributed by atoms with van der Waals surface area (Å²) in [7, 11) is 3.49. The molecule has 0 saturated heterocycles. The van der Waals surface area contributed by atoms with Gasteiger partial charge in [-0.1, -0.05) is 12.1 Å². The molecule has 0 aliphatic rings. The third-order valence-electron chi connectivity index (χ3n) is 3.03. The summed E-state index contributed by atoms with van der Waals surface area (Å²) < 4.78 is 1.86. The van der Waals surface area contributed by atoms with E-state index >= 15 is 0 Å². The van der Waals surface area contributed by atoms with Crippen LogP contribution in [0.2, 0.25) is 0 Å². The molecule has 1 heterocycles. The highest BCUT2D eigenvalue weighted by atomic mass is 16.2. The Hall–Kier alpha value is -2.30. The lowest BCUT2D eigenvalue weighted by molar-refractivity contribution is -0.131. The number of anilines is 1. The van der Waals surface area contributed by atoms with Crippen LogP contribution in [0, 0.1) is 0 Å². The van der Waals surface area contributed by atoms with Gasteiger partial charge in [-0.05, 0) is 19.1 Å². The molecule has 100 valence electrons. The maximum atomic E-state index is 12.0. The Bertz CT molecular complexity index is 589. The lowest BCUT2D eigenvalue weighted by Gasteiger charge is -2.19. The van der Waals surface area contributed by atoms with Crippen LogP contribution in [0.4, 0.5) is 5.69 Å². The zero-order valence-electron chi connectivity index (χ0n) is 11.4. The lowest BCUT2D eigenvalue weighted by Crippen LogP contribution is -2.30. The maximum Gasteiger partial charge on any atom is 0.244 e. The van der Waals surface area contributed by atoms with Gasteiger partial charge in [0.05, 0.1) is 0 Å². The fourth-order valence-corrected chi connectivity index (χ4v) is 2.02. The second kappa shape index (κ2) is 5.14. The van der Waals surface area contributed by atoms with Crippen LogP contribution >= 0.6 is 0 Å². The molecule has 0 radical (unpaired) electrons. The van der Waals surface area contributed by atoms with Crippen LogP contribution in [0.1, 0.15) is 13.0 Å². The Balaban J connectivity index is 2.40. The van der Waals surface area contributed by atoms with Crippen LogP contribution in [0.25, 0.3) is 11.4 Å². The molecule has 19 heavy (non-hydrogen) atoms. The standard InChI is InChI=1S/C14H18N4O/c1-10(14(19)17(2)3)18-8-7-16-13(18)11-5-4-6-12(15)9-11/h4-10H,15H2,1-3H3. The minimum atomic E-state index is -0.297. The normalized spacial score (nSPS) is 12.2. The topological polar surface area (TPSA) is 64.2 Å². The predicted octanol–water partition coefficient (Wildman–Crippen LogP) is 1.78. The van der Waals surface area contributed by atoms with Gasteiger partial charge in [-0.15, -0.1) is 0 Å². The van der Waals surface area contributed by atoms with Crippen molar-refractivity contribution in [3.8, 4) is 11.4 Å². The number of amides is 1. The van der Waals surface area contributed by atoms with E-state index in [1.54, 1.807) is 25.2 Å². The highest BCUT2D eigenvalue weighted by Gasteiger charge is 2.19. The molecule has 0 aliphatic carbocycles. The average Bonchev–Trinajstić information content (AvgIpc) is 2.86. The minimum absolute atomic E-state index is 0.0307. The number of imidazole rings is 1. The fourth-order valence-electron chi connectivity index (χ4n) is 2.02. The van der Waals surface area contributed by atoms with E-state index in [0.717, 1.165) is 11.4 Å². The molecule has 0 spiro atoms. The Morgan fingerprint density at radius 1 is 1.42 bits per heavy atom. The number of rotatable bonds is 3. The van der Waals surface area contributed by atoms with Gasteiger partial charge < -0.3 is 15.2 Å². The molecule has 0 fully saturated rings. The maximum absolute atomic E-state index is 12.0. The molecule has 5 nitrogen and oxygen atoms in total. The van der Waals surface area contributed by atoms with Crippen molar-refractivity contribution >= 4 is 11.6 Å². The largest absolute Gasteiger partial charge is 0.399 e. The first-order valence-corrected chi connectivity index (χ1v) is 6.10. The molecule has 0 bridgehead atoms. The molecule has 2 N–H and O–H groups in total. The highest BCUT2D eigenvalue weighted by Crippen LogP contribution is 2.23. The number of nitrogens with zero attached hydrogens (tertiary/aromatic N) is 3. The molecule has 0 saturated carbocycles. The number of hydrogen-bond donors (Lipinski definition) is 1. The van der Waals surface area contributed by atoms with Crippen molar-refractivity contribution in [3.05, 3.63) is 36.7 Å². The highest BCUT2D eigenvalue weighted by molar-refractivity contribution is 5.80. The summed E-state index contributed by atoms with van der Waals surface area (Å²) in [5.74, 6) is 0.776. The van der Waals surface area contributed by atoms with Crippen LogP contribution in [0.5, 0.6) is 0 Å². The molecule has 5 heteroatoms. The van der Waals surface area contributed by atoms with Crippen molar-refractivity contribution in [1.82, 2.24) is 14.5 Å². The van der Waals surface area contributed by atoms with E-state index in [0.29, 0.717) is 5.69 Å². The summed E-state index contributed by atoms with van der Waals surface area (Å²) in [6, 6.07) is 7.19. The van der Waals surface area contributed by atoms with Gasteiger partial charge in [0.2, 0.25) is 5.91 Å². The first-order chi connectivity index (χ1) is 9.00. The number of likely N-dealkylation sites (N-methyl/N-ethyl adjacent to an activating group) is 1. The van der Waals surface area contributed by atoms with Crippen molar-refractivity contribution in [2.75, 3.05) is 19.8 Å². The molecule has 1 aromatic carbocycles. The van der Waals surface area contributed by atoms with Crippen molar-refractivity contribution in [2.24, 2.45) is 0 Å². The second-order valence-electron chi connectivity index (χ2n) is 4.69. The van der Waals surface area contributed by atoms with Crippen LogP contribution in [-0.4, -0.2) is 34.5 Å². The first kappa shape index (κ1) is 13.1. The second-order valence-corrected chi connectivity index (χ2v) is 4.69. The third-order valence-corrected chi connectivity index (χ3v) is 3.03. The number of nitrogen functional groups attached to an aromatic ring is 1. The Labute approximate surface area is 112 Å². The minimum Gasteiger partial charge on any atom is -0.399 e. The van der Waals surface area contributed by atoms with Gasteiger partial charge in [0.15, 0.2) is 0 Å². The van der Waals surface area contributed by atoms with Gasteiger partial charge in [-0.3, -0.25) is 4.79 Å². The monoisotopic (exact) mass is 258 g/mol. The number of benzene rings is 1. The molecule has 0 aliphatic heterocycles. The summed E-state index contributed by atoms with van der Waals surface area (Å²) in [6.45, 7) is 1.86. The molecule has 1 atom stereocenters. The van der Waals surface area contributed by atoms with Gasteiger partial charge in [0.1, 0.15) is 11.9 Å². The van der Waals surface area contributed by atoms with E-state index < -0.39 is 0 Å². The third kappa shape index (κ3) is 2.59. The van der Waals surface area contributed by atoms with Crippen LogP contribution < -0.4 is 5.73 Å². The fraction of sp³-hybridized carbons (Fsp3) is 0.286. The first-order valence-electron chi connectivity index (χ1n) is 6.10. The Kier molecular flexibility index (Phi) is 3.55. The zero-order valence-corrected chi connectivity index (χ0v) is 11.4. The molecular weight excluding hydrogens is 240 g/mol. The predicted molar refractivity (Wildman–Crippen MR) is 75.5 cm³/mol. The summed E-state index contributed by atoms with van der Waals surface area (Å²) in [5, 5.41) is 0. The smallest absolute Gasteiger partial charge is 0.244 e. The number of carbonyl (C=O) groups is 1. The van der Waals surface area contributed by atoms with E-state index in [4.69, 9.17) is 5.73 Å². The summed E-state index contributed by atoms with van der Waals surface area (Å²) in [6.07, 6.45) is 3.50. The summed E-state index contributed by atoms with van der Waals surface area (Å²) in [5.41, 5.74) is 7.37. The molecular formula is C14H18N4O. The van der Waals surface area contributed by atoms with Gasteiger partial charge in [-0.25, -0.2) is 4.98 Å². The van der Waals surface area contributed by atoms with Gasteiger partial charge in [-0.2, -0.15) is 0 Å². The number of aromatic nitrogens is 2. The van der Waals surface area contributed by atoms with Gasteiger partial charge in [0, 0.05) is 37.7 Å². The molecule has 1 amide bonds. The average molecular weight is 258 g/mol. The van der Waals surface area contributed by atoms with Crippen LogP contribution in [0.3, 0.4) is 0 Å². The molecule has 2 rings (SSSR count). The lowest BCUT2D eigenvalue weighted by atomic mass is 10.2. The molecule has 2 aromatic rings. The number of nitrogens with two attached hydrogens (primary N) is 1. The van der Waals surface area contributed by atoms with E-state index in [-0.39, 0.29) is 11.9 Å². The Morgan fingerprint density at radius 2 is 2.16 bits per heavy atom. The van der Waals surface area contributed by atoms with Crippen molar-refractivity contribution in [1.29, 1.82) is 0 Å². The van der Waals surface area contributed by atoms with Crippen molar-refractivity contribution in [3.63, 3.8) is 0 Å². The van der Waals surface area contributed by atoms with Crippen molar-refractivity contribution in [2.45, 2.75) is 13.0 Å². The van der Waals surface area contributed by atoms with E-state index in [1.165, 1.54) is 0 Å². The van der Waals surface area contributed by atoms with E-state index in [2.05, 4.69) is 4.98 Å². The summed E-state index contributed by atoms with van der Waals surface area (Å²) in [4.78, 5) is 17.9. The quantitative estimate of drug-likeness (QED) is 0.853. The molecule has 1 aromatic heterocycles. The van der Waals surface area contributed by atoms with E-state index in [1.807, 2.05) is 42.0 Å². The van der Waals surface area contributed by atoms with Gasteiger partial charge in [0.25, 0.3) is 0 Å². The number of carbonyl (C=O) groups excluding carboxylic acids is 1. The SMILES string of the molecule is CC(C(=O)N(C)C)n1ccnc1-c1cccc(N)c1. The van der Waals surface area contributed by atoms with E-state index in [9.17, 15) is 4.79 Å². The van der Waals surface area contributed by atoms with Gasteiger partial charge >= 0.3 is 0 Å². The van der Waals surface area contributed by atoms with Crippen molar-refractivity contribution < 1.29 is 4.79 Å². The number of hydrogen-bond acceptors (Lipinski definition) is 3.